The molecule has 2 heterocycles. The van der Waals surface area contributed by atoms with Crippen LogP contribution in [0.3, 0.4) is 0 Å². The summed E-state index contributed by atoms with van der Waals surface area (Å²) in [4.78, 5) is 8.95. The molecule has 96 valence electrons. The van der Waals surface area contributed by atoms with Crippen LogP contribution in [-0.4, -0.2) is 31.9 Å². The van der Waals surface area contributed by atoms with Gasteiger partial charge in [0.05, 0.1) is 6.20 Å². The number of H-pyrrole nitrogens is 1. The largest absolute Gasteiger partial charge is 0.370 e. The zero-order valence-corrected chi connectivity index (χ0v) is 10.8. The molecule has 0 aliphatic heterocycles. The van der Waals surface area contributed by atoms with Gasteiger partial charge < -0.3 is 5.32 Å². The van der Waals surface area contributed by atoms with Crippen molar-refractivity contribution < 1.29 is 0 Å². The monoisotopic (exact) mass is 246 g/mol. The third-order valence-electron chi connectivity index (χ3n) is 2.49. The van der Waals surface area contributed by atoms with Crippen LogP contribution in [0.2, 0.25) is 0 Å². The van der Waals surface area contributed by atoms with Gasteiger partial charge in [0.25, 0.3) is 0 Å². The summed E-state index contributed by atoms with van der Waals surface area (Å²) in [6.45, 7) is 5.16. The Morgan fingerprint density at radius 3 is 2.78 bits per heavy atom. The normalized spacial score (nSPS) is 10.6. The van der Waals surface area contributed by atoms with E-state index in [1.54, 1.807) is 6.20 Å². The first-order valence-corrected chi connectivity index (χ1v) is 6.31. The van der Waals surface area contributed by atoms with E-state index in [4.69, 9.17) is 0 Å². The van der Waals surface area contributed by atoms with Crippen molar-refractivity contribution >= 4 is 5.82 Å². The predicted octanol–water partition coefficient (Wildman–Crippen LogP) is 2.04. The minimum absolute atomic E-state index is 0.619. The number of nitrogens with one attached hydrogen (secondary N) is 2. The van der Waals surface area contributed by atoms with Crippen LogP contribution < -0.4 is 5.32 Å². The van der Waals surface area contributed by atoms with Crippen molar-refractivity contribution in [1.82, 2.24) is 25.4 Å². The molecule has 0 atom stereocenters. The molecule has 0 unspecified atom stereocenters. The van der Waals surface area contributed by atoms with Gasteiger partial charge in [-0.3, -0.25) is 0 Å². The SMILES string of the molecule is CCCNc1cc(CCC)nc(-c2cn[nH]n2)n1. The van der Waals surface area contributed by atoms with E-state index in [0.29, 0.717) is 11.5 Å². The van der Waals surface area contributed by atoms with Gasteiger partial charge in [0.1, 0.15) is 11.5 Å². The van der Waals surface area contributed by atoms with E-state index >= 15 is 0 Å². The molecule has 0 bridgehead atoms. The molecule has 0 saturated carbocycles. The third-order valence-corrected chi connectivity index (χ3v) is 2.49. The second kappa shape index (κ2) is 6.09. The molecule has 0 radical (unpaired) electrons. The fourth-order valence-electron chi connectivity index (χ4n) is 1.65. The van der Waals surface area contributed by atoms with Crippen LogP contribution in [0, 0.1) is 0 Å². The van der Waals surface area contributed by atoms with E-state index in [0.717, 1.165) is 37.3 Å². The molecule has 0 fully saturated rings. The highest BCUT2D eigenvalue weighted by Crippen LogP contribution is 2.15. The Kier molecular flexibility index (Phi) is 4.22. The Morgan fingerprint density at radius 1 is 1.22 bits per heavy atom. The van der Waals surface area contributed by atoms with Gasteiger partial charge in [-0.1, -0.05) is 20.3 Å². The molecule has 2 aromatic rings. The van der Waals surface area contributed by atoms with E-state index in [2.05, 4.69) is 44.5 Å². The van der Waals surface area contributed by atoms with Crippen molar-refractivity contribution in [2.45, 2.75) is 33.1 Å². The summed E-state index contributed by atoms with van der Waals surface area (Å²) in [6.07, 6.45) is 4.69. The molecule has 0 spiro atoms. The van der Waals surface area contributed by atoms with Gasteiger partial charge in [-0.05, 0) is 12.8 Å². The summed E-state index contributed by atoms with van der Waals surface area (Å²) in [5.74, 6) is 1.47. The van der Waals surface area contributed by atoms with Gasteiger partial charge in [-0.25, -0.2) is 9.97 Å². The molecule has 6 heteroatoms. The van der Waals surface area contributed by atoms with E-state index in [1.165, 1.54) is 0 Å². The predicted molar refractivity (Wildman–Crippen MR) is 70.2 cm³/mol. The molecule has 0 aromatic carbocycles. The van der Waals surface area contributed by atoms with Crippen LogP contribution in [0.4, 0.5) is 5.82 Å². The zero-order chi connectivity index (χ0) is 12.8. The van der Waals surface area contributed by atoms with Crippen molar-refractivity contribution in [3.05, 3.63) is 18.0 Å². The van der Waals surface area contributed by atoms with Crippen LogP contribution in [0.25, 0.3) is 11.5 Å². The van der Waals surface area contributed by atoms with Crippen LogP contribution >= 0.6 is 0 Å². The topological polar surface area (TPSA) is 79.4 Å². The summed E-state index contributed by atoms with van der Waals surface area (Å²) in [7, 11) is 0. The number of anilines is 1. The van der Waals surface area contributed by atoms with Crippen molar-refractivity contribution in [1.29, 1.82) is 0 Å². The second-order valence-corrected chi connectivity index (χ2v) is 4.10. The van der Waals surface area contributed by atoms with E-state index in [-0.39, 0.29) is 0 Å². The Labute approximate surface area is 106 Å². The molecular formula is C12H18N6. The van der Waals surface area contributed by atoms with Crippen LogP contribution in [0.1, 0.15) is 32.4 Å². The van der Waals surface area contributed by atoms with E-state index in [9.17, 15) is 0 Å². The maximum Gasteiger partial charge on any atom is 0.183 e. The standard InChI is InChI=1S/C12H18N6/c1-3-5-9-7-11(13-6-4-2)16-12(15-9)10-8-14-18-17-10/h7-8H,3-6H2,1-2H3,(H,13,15,16)(H,14,17,18). The quantitative estimate of drug-likeness (QED) is 0.815. The van der Waals surface area contributed by atoms with Gasteiger partial charge >= 0.3 is 0 Å². The average molecular weight is 246 g/mol. The maximum atomic E-state index is 4.50. The van der Waals surface area contributed by atoms with Crippen LogP contribution in [0.5, 0.6) is 0 Å². The number of nitrogens with zero attached hydrogens (tertiary/aromatic N) is 4. The van der Waals surface area contributed by atoms with Gasteiger partial charge in [0.2, 0.25) is 0 Å². The molecule has 2 aromatic heterocycles. The molecule has 2 N–H and O–H groups in total. The van der Waals surface area contributed by atoms with Gasteiger partial charge in [-0.15, -0.1) is 0 Å². The summed E-state index contributed by atoms with van der Waals surface area (Å²) >= 11 is 0. The minimum Gasteiger partial charge on any atom is -0.370 e. The lowest BCUT2D eigenvalue weighted by Gasteiger charge is -2.07. The molecule has 6 nitrogen and oxygen atoms in total. The van der Waals surface area contributed by atoms with Crippen LogP contribution in [-0.2, 0) is 6.42 Å². The molecule has 0 aliphatic carbocycles. The van der Waals surface area contributed by atoms with Crippen molar-refractivity contribution in [2.75, 3.05) is 11.9 Å². The summed E-state index contributed by atoms with van der Waals surface area (Å²) in [6, 6.07) is 2.00. The lowest BCUT2D eigenvalue weighted by Crippen LogP contribution is -2.05. The number of hydrogen-bond acceptors (Lipinski definition) is 5. The Morgan fingerprint density at radius 2 is 2.11 bits per heavy atom. The molecule has 18 heavy (non-hydrogen) atoms. The molecule has 0 saturated heterocycles. The van der Waals surface area contributed by atoms with Crippen molar-refractivity contribution in [3.63, 3.8) is 0 Å². The highest BCUT2D eigenvalue weighted by atomic mass is 15.3. The highest BCUT2D eigenvalue weighted by molar-refractivity contribution is 5.51. The van der Waals surface area contributed by atoms with E-state index in [1.807, 2.05) is 6.07 Å². The Balaban J connectivity index is 2.30. The first-order valence-electron chi connectivity index (χ1n) is 6.31. The molecule has 0 amide bonds. The molecular weight excluding hydrogens is 228 g/mol. The summed E-state index contributed by atoms with van der Waals surface area (Å²) in [5, 5.41) is 13.7. The first kappa shape index (κ1) is 12.5. The number of aromatic amines is 1. The van der Waals surface area contributed by atoms with Crippen molar-refractivity contribution in [2.24, 2.45) is 0 Å². The average Bonchev–Trinajstić information content (AvgIpc) is 2.90. The smallest absolute Gasteiger partial charge is 0.183 e. The summed E-state index contributed by atoms with van der Waals surface area (Å²) < 4.78 is 0. The summed E-state index contributed by atoms with van der Waals surface area (Å²) in [5.41, 5.74) is 1.71. The maximum absolute atomic E-state index is 4.50. The molecule has 2 rings (SSSR count). The fraction of sp³-hybridized carbons (Fsp3) is 0.500. The minimum atomic E-state index is 0.619. The van der Waals surface area contributed by atoms with Crippen LogP contribution in [0.15, 0.2) is 12.3 Å². The second-order valence-electron chi connectivity index (χ2n) is 4.10. The number of hydrogen-bond donors (Lipinski definition) is 2. The van der Waals surface area contributed by atoms with Gasteiger partial charge in [0.15, 0.2) is 5.82 Å². The van der Waals surface area contributed by atoms with Crippen molar-refractivity contribution in [3.8, 4) is 11.5 Å². The highest BCUT2D eigenvalue weighted by Gasteiger charge is 2.08. The number of rotatable bonds is 6. The van der Waals surface area contributed by atoms with Gasteiger partial charge in [0, 0.05) is 18.3 Å². The lowest BCUT2D eigenvalue weighted by molar-refractivity contribution is 0.869. The van der Waals surface area contributed by atoms with Gasteiger partial charge in [-0.2, -0.15) is 15.4 Å². The Bertz CT molecular complexity index is 479. The lowest BCUT2D eigenvalue weighted by atomic mass is 10.2. The number of aromatic nitrogens is 5. The third kappa shape index (κ3) is 3.03. The van der Waals surface area contributed by atoms with E-state index < -0.39 is 0 Å². The number of aryl methyl sites for hydroxylation is 1. The molecule has 0 aliphatic rings. The Hall–Kier alpha value is -1.98. The fourth-order valence-corrected chi connectivity index (χ4v) is 1.65. The zero-order valence-electron chi connectivity index (χ0n) is 10.8. The first-order chi connectivity index (χ1) is 8.83.